The summed E-state index contributed by atoms with van der Waals surface area (Å²) in [6.45, 7) is 8.36. The Balaban J connectivity index is 0.00000243. The average Bonchev–Trinajstić information content (AvgIpc) is 2.80. The first-order valence-electron chi connectivity index (χ1n) is 8.32. The average molecular weight is 419 g/mol. The van der Waals surface area contributed by atoms with Gasteiger partial charge in [-0.25, -0.2) is 9.36 Å². The largest absolute Gasteiger partial charge is 1.00 e. The number of aromatic nitrogens is 3. The number of benzene rings is 1. The Kier molecular flexibility index (Phi) is 6.02. The van der Waals surface area contributed by atoms with Gasteiger partial charge < -0.3 is 27.5 Å². The molecule has 0 saturated carbocycles. The summed E-state index contributed by atoms with van der Waals surface area (Å²) in [5.41, 5.74) is 12.4. The van der Waals surface area contributed by atoms with Gasteiger partial charge in [0.05, 0.1) is 12.8 Å². The van der Waals surface area contributed by atoms with Gasteiger partial charge in [-0.3, -0.25) is 0 Å². The maximum Gasteiger partial charge on any atom is 0.337 e. The standard InChI is InChI=1S/C19H22N4O2.BrH/c1-5-25-16(24)11-22-15-7-6-8-21-18(15)23(19(22)20)17-13(3)9-12(2)10-14(17)4;/h6-10,20H,5,11H2,1-4H3;1H. The molecular weight excluding hydrogens is 396 g/mol. The molecule has 3 aromatic rings. The van der Waals surface area contributed by atoms with Gasteiger partial charge in [-0.2, -0.15) is 4.57 Å². The molecule has 0 spiro atoms. The number of nitrogens with zero attached hydrogens (tertiary/aromatic N) is 3. The summed E-state index contributed by atoms with van der Waals surface area (Å²) >= 11 is 0. The van der Waals surface area contributed by atoms with Crippen LogP contribution in [0.5, 0.6) is 0 Å². The fourth-order valence-electron chi connectivity index (χ4n) is 3.37. The molecule has 0 aliphatic carbocycles. The van der Waals surface area contributed by atoms with Gasteiger partial charge in [-0.05, 0) is 51.0 Å². The molecule has 2 N–H and O–H groups in total. The van der Waals surface area contributed by atoms with Gasteiger partial charge in [0, 0.05) is 0 Å². The number of rotatable bonds is 4. The molecule has 3 rings (SSSR count). The first-order chi connectivity index (χ1) is 11.9. The predicted octanol–water partition coefficient (Wildman–Crippen LogP) is -0.612. The smallest absolute Gasteiger partial charge is 0.337 e. The summed E-state index contributed by atoms with van der Waals surface area (Å²) in [5, 5.41) is 0. The Hall–Kier alpha value is -2.41. The monoisotopic (exact) mass is 418 g/mol. The summed E-state index contributed by atoms with van der Waals surface area (Å²) in [4.78, 5) is 16.5. The zero-order valence-corrected chi connectivity index (χ0v) is 17.0. The Bertz CT molecular complexity index is 943. The Labute approximate surface area is 163 Å². The van der Waals surface area contributed by atoms with Crippen LogP contribution in [0.3, 0.4) is 0 Å². The molecule has 0 aliphatic rings. The van der Waals surface area contributed by atoms with Crippen molar-refractivity contribution in [3.05, 3.63) is 47.2 Å². The normalized spacial score (nSPS) is 10.6. The molecule has 0 amide bonds. The number of pyridine rings is 1. The van der Waals surface area contributed by atoms with Crippen LogP contribution < -0.4 is 27.3 Å². The van der Waals surface area contributed by atoms with Crippen molar-refractivity contribution >= 4 is 23.1 Å². The predicted molar refractivity (Wildman–Crippen MR) is 96.5 cm³/mol. The second-order valence-electron chi connectivity index (χ2n) is 6.18. The third kappa shape index (κ3) is 3.44. The SMILES string of the molecule is CCOC(=O)Cn1c(N)[n+](-c2c(C)cc(C)cc2C)c2ncccc21.[Br-]. The van der Waals surface area contributed by atoms with Crippen LogP contribution in [-0.2, 0) is 16.1 Å². The third-order valence-electron chi connectivity index (χ3n) is 4.23. The van der Waals surface area contributed by atoms with Crippen molar-refractivity contribution < 1.29 is 31.1 Å². The minimum Gasteiger partial charge on any atom is -1.00 e. The first kappa shape index (κ1) is 19.9. The van der Waals surface area contributed by atoms with Crippen LogP contribution >= 0.6 is 0 Å². The molecule has 138 valence electrons. The number of hydrogen-bond donors (Lipinski definition) is 1. The highest BCUT2D eigenvalue weighted by Gasteiger charge is 2.26. The zero-order chi connectivity index (χ0) is 18.1. The molecular formula is C19H23BrN4O2. The van der Waals surface area contributed by atoms with Crippen molar-refractivity contribution in [2.75, 3.05) is 12.3 Å². The minimum atomic E-state index is -0.320. The van der Waals surface area contributed by atoms with E-state index in [-0.39, 0.29) is 29.5 Å². The Morgan fingerprint density at radius 3 is 2.54 bits per heavy atom. The number of nitrogens with two attached hydrogens (primary N) is 1. The molecule has 0 aliphatic heterocycles. The van der Waals surface area contributed by atoms with Crippen molar-refractivity contribution in [2.45, 2.75) is 34.2 Å². The third-order valence-corrected chi connectivity index (χ3v) is 4.23. The number of aryl methyl sites for hydroxylation is 3. The maximum atomic E-state index is 12.0. The van der Waals surface area contributed by atoms with Gasteiger partial charge in [-0.1, -0.05) is 17.7 Å². The topological polar surface area (TPSA) is 74.0 Å². The van der Waals surface area contributed by atoms with Crippen LogP contribution in [0.15, 0.2) is 30.5 Å². The van der Waals surface area contributed by atoms with E-state index in [9.17, 15) is 4.79 Å². The molecule has 0 atom stereocenters. The summed E-state index contributed by atoms with van der Waals surface area (Å²) in [5.74, 6) is 0.135. The van der Waals surface area contributed by atoms with Crippen molar-refractivity contribution in [3.63, 3.8) is 0 Å². The molecule has 1 aromatic carbocycles. The van der Waals surface area contributed by atoms with Gasteiger partial charge in [0.15, 0.2) is 12.1 Å². The van der Waals surface area contributed by atoms with Crippen LogP contribution in [0.25, 0.3) is 16.9 Å². The van der Waals surface area contributed by atoms with Crippen LogP contribution in [-0.4, -0.2) is 22.1 Å². The first-order valence-corrected chi connectivity index (χ1v) is 8.32. The van der Waals surface area contributed by atoms with Crippen molar-refractivity contribution in [3.8, 4) is 5.69 Å². The van der Waals surface area contributed by atoms with E-state index in [1.165, 1.54) is 5.56 Å². The van der Waals surface area contributed by atoms with Gasteiger partial charge >= 0.3 is 11.9 Å². The van der Waals surface area contributed by atoms with Crippen molar-refractivity contribution in [2.24, 2.45) is 0 Å². The summed E-state index contributed by atoms with van der Waals surface area (Å²) in [7, 11) is 0. The lowest BCUT2D eigenvalue weighted by atomic mass is 10.0. The fraction of sp³-hybridized carbons (Fsp3) is 0.316. The van der Waals surface area contributed by atoms with E-state index in [1.54, 1.807) is 17.7 Å². The highest BCUT2D eigenvalue weighted by Crippen LogP contribution is 2.22. The van der Waals surface area contributed by atoms with Crippen LogP contribution in [0.2, 0.25) is 0 Å². The molecule has 2 aromatic heterocycles. The van der Waals surface area contributed by atoms with E-state index in [2.05, 4.69) is 37.9 Å². The zero-order valence-electron chi connectivity index (χ0n) is 15.4. The number of hydrogen-bond acceptors (Lipinski definition) is 4. The van der Waals surface area contributed by atoms with Crippen LogP contribution in [0.1, 0.15) is 23.6 Å². The molecule has 7 heteroatoms. The molecule has 0 saturated heterocycles. The Morgan fingerprint density at radius 2 is 1.92 bits per heavy atom. The lowest BCUT2D eigenvalue weighted by Gasteiger charge is -2.10. The Morgan fingerprint density at radius 1 is 1.27 bits per heavy atom. The van der Waals surface area contributed by atoms with Gasteiger partial charge in [0.1, 0.15) is 5.69 Å². The summed E-state index contributed by atoms with van der Waals surface area (Å²) in [6.07, 6.45) is 1.73. The number of fused-ring (bicyclic) bond motifs is 1. The van der Waals surface area contributed by atoms with E-state index in [4.69, 9.17) is 10.5 Å². The van der Waals surface area contributed by atoms with Crippen LogP contribution in [0, 0.1) is 20.8 Å². The van der Waals surface area contributed by atoms with Gasteiger partial charge in [-0.15, -0.1) is 4.98 Å². The van der Waals surface area contributed by atoms with Crippen LogP contribution in [0.4, 0.5) is 5.95 Å². The second kappa shape index (κ2) is 7.86. The van der Waals surface area contributed by atoms with E-state index >= 15 is 0 Å². The van der Waals surface area contributed by atoms with Crippen molar-refractivity contribution in [1.29, 1.82) is 0 Å². The molecule has 6 nitrogen and oxygen atoms in total. The minimum absolute atomic E-state index is 0. The number of ether oxygens (including phenoxy) is 1. The second-order valence-corrected chi connectivity index (χ2v) is 6.18. The maximum absolute atomic E-state index is 12.0. The van der Waals surface area contributed by atoms with Gasteiger partial charge in [0.25, 0.3) is 5.65 Å². The number of anilines is 1. The number of halogens is 1. The molecule has 0 unspecified atom stereocenters. The van der Waals surface area contributed by atoms with Gasteiger partial charge in [0.2, 0.25) is 0 Å². The number of nitrogen functional groups attached to an aromatic ring is 1. The quantitative estimate of drug-likeness (QED) is 0.452. The summed E-state index contributed by atoms with van der Waals surface area (Å²) < 4.78 is 8.75. The van der Waals surface area contributed by atoms with E-state index in [0.717, 1.165) is 28.0 Å². The van der Waals surface area contributed by atoms with E-state index < -0.39 is 0 Å². The number of carbonyl (C=O) groups excluding carboxylic acids is 1. The highest BCUT2D eigenvalue weighted by molar-refractivity contribution is 5.76. The lowest BCUT2D eigenvalue weighted by molar-refractivity contribution is -0.555. The van der Waals surface area contributed by atoms with E-state index in [0.29, 0.717) is 12.6 Å². The van der Waals surface area contributed by atoms with E-state index in [1.807, 2.05) is 16.7 Å². The summed E-state index contributed by atoms with van der Waals surface area (Å²) in [6, 6.07) is 7.98. The molecule has 0 radical (unpaired) electrons. The highest BCUT2D eigenvalue weighted by atomic mass is 79.9. The number of imidazole rings is 1. The molecule has 26 heavy (non-hydrogen) atoms. The van der Waals surface area contributed by atoms with Crippen molar-refractivity contribution in [1.82, 2.24) is 9.55 Å². The lowest BCUT2D eigenvalue weighted by Crippen LogP contribution is -3.00. The fourth-order valence-corrected chi connectivity index (χ4v) is 3.37. The molecule has 2 heterocycles. The molecule has 0 fully saturated rings. The number of esters is 1. The molecule has 0 bridgehead atoms. The number of carbonyl (C=O) groups is 1.